The fraction of sp³-hybridized carbons (Fsp3) is 0.524. The lowest BCUT2D eigenvalue weighted by Gasteiger charge is -2.23. The van der Waals surface area contributed by atoms with Crippen LogP contribution in [0.3, 0.4) is 0 Å². The smallest absolute Gasteiger partial charge is 0.169 e. The van der Waals surface area contributed by atoms with Crippen LogP contribution in [0.1, 0.15) is 52.7 Å². The van der Waals surface area contributed by atoms with Gasteiger partial charge in [-0.15, -0.1) is 22.9 Å². The Morgan fingerprint density at radius 2 is 1.89 bits per heavy atom. The SMILES string of the molecule is CC(=O)c1ccc(CCC[C@@H]2[C@@H](CCc3cc(Cl)nc(Cl)c3)[C@H](O)C[C@H]2Cl)s1. The molecule has 0 radical (unpaired) electrons. The minimum atomic E-state index is -0.369. The molecule has 1 fully saturated rings. The van der Waals surface area contributed by atoms with Crippen molar-refractivity contribution in [3.63, 3.8) is 0 Å². The van der Waals surface area contributed by atoms with Crippen molar-refractivity contribution in [2.24, 2.45) is 11.8 Å². The molecule has 2 heterocycles. The number of hydrogen-bond donors (Lipinski definition) is 1. The fourth-order valence-electron chi connectivity index (χ4n) is 4.14. The van der Waals surface area contributed by atoms with Crippen LogP contribution in [0.2, 0.25) is 10.3 Å². The quantitative estimate of drug-likeness (QED) is 0.289. The number of rotatable bonds is 8. The van der Waals surface area contributed by atoms with E-state index in [-0.39, 0.29) is 29.1 Å². The second kappa shape index (κ2) is 9.90. The highest BCUT2D eigenvalue weighted by Gasteiger charge is 2.40. The number of thiophene rings is 1. The predicted octanol–water partition coefficient (Wildman–Crippen LogP) is 6.21. The summed E-state index contributed by atoms with van der Waals surface area (Å²) in [6.07, 6.45) is 4.82. The van der Waals surface area contributed by atoms with Crippen LogP contribution in [0.15, 0.2) is 24.3 Å². The number of alkyl halides is 1. The third-order valence-electron chi connectivity index (χ3n) is 5.53. The van der Waals surface area contributed by atoms with Crippen molar-refractivity contribution in [1.82, 2.24) is 4.98 Å². The van der Waals surface area contributed by atoms with E-state index in [2.05, 4.69) is 4.98 Å². The maximum atomic E-state index is 11.4. The predicted molar refractivity (Wildman–Crippen MR) is 117 cm³/mol. The second-order valence-electron chi connectivity index (χ2n) is 7.52. The Labute approximate surface area is 185 Å². The number of Topliss-reactive ketones (excluding diaryl/α,β-unsaturated/α-hetero) is 1. The van der Waals surface area contributed by atoms with Crippen molar-refractivity contribution in [3.8, 4) is 0 Å². The molecule has 1 saturated carbocycles. The number of nitrogens with zero attached hydrogens (tertiary/aromatic N) is 1. The summed E-state index contributed by atoms with van der Waals surface area (Å²) < 4.78 is 0. The van der Waals surface area contributed by atoms with Gasteiger partial charge in [-0.2, -0.15) is 0 Å². The molecule has 0 aliphatic heterocycles. The Bertz CT molecular complexity index is 805. The van der Waals surface area contributed by atoms with Gasteiger partial charge in [-0.3, -0.25) is 4.79 Å². The molecule has 1 aliphatic rings. The normalized spacial score (nSPS) is 24.6. The number of carbonyl (C=O) groups is 1. The van der Waals surface area contributed by atoms with Gasteiger partial charge >= 0.3 is 0 Å². The van der Waals surface area contributed by atoms with E-state index in [1.165, 1.54) is 4.88 Å². The minimum Gasteiger partial charge on any atom is -0.393 e. The first-order chi connectivity index (χ1) is 13.3. The molecule has 1 aliphatic carbocycles. The Hall–Kier alpha value is -0.650. The van der Waals surface area contributed by atoms with E-state index in [9.17, 15) is 9.90 Å². The summed E-state index contributed by atoms with van der Waals surface area (Å²) in [5, 5.41) is 11.3. The second-order valence-corrected chi connectivity index (χ2v) is 10.0. The van der Waals surface area contributed by atoms with Crippen LogP contribution in [0.4, 0.5) is 0 Å². The van der Waals surface area contributed by atoms with Gasteiger partial charge in [0.2, 0.25) is 0 Å². The molecule has 4 atom stereocenters. The van der Waals surface area contributed by atoms with Crippen LogP contribution in [-0.4, -0.2) is 27.4 Å². The van der Waals surface area contributed by atoms with Gasteiger partial charge in [0.05, 0.1) is 11.0 Å². The summed E-state index contributed by atoms with van der Waals surface area (Å²) in [5.41, 5.74) is 1.03. The molecular formula is C21H24Cl3NO2S. The van der Waals surface area contributed by atoms with Crippen LogP contribution in [0.25, 0.3) is 0 Å². The Morgan fingerprint density at radius 1 is 1.18 bits per heavy atom. The fourth-order valence-corrected chi connectivity index (χ4v) is 6.09. The Balaban J connectivity index is 1.56. The number of aliphatic hydroxyl groups excluding tert-OH is 1. The summed E-state index contributed by atoms with van der Waals surface area (Å²) >= 11 is 20.1. The lowest BCUT2D eigenvalue weighted by Crippen LogP contribution is -2.21. The third kappa shape index (κ3) is 5.70. The van der Waals surface area contributed by atoms with Gasteiger partial charge in [-0.1, -0.05) is 23.2 Å². The molecule has 1 N–H and O–H groups in total. The van der Waals surface area contributed by atoms with Gasteiger partial charge in [0.1, 0.15) is 10.3 Å². The first-order valence-electron chi connectivity index (χ1n) is 9.57. The van der Waals surface area contributed by atoms with Gasteiger partial charge in [-0.25, -0.2) is 4.98 Å². The molecule has 28 heavy (non-hydrogen) atoms. The number of carbonyl (C=O) groups excluding carboxylic acids is 1. The topological polar surface area (TPSA) is 50.2 Å². The number of hydrogen-bond acceptors (Lipinski definition) is 4. The zero-order valence-electron chi connectivity index (χ0n) is 15.7. The summed E-state index contributed by atoms with van der Waals surface area (Å²) in [5.74, 6) is 0.577. The maximum absolute atomic E-state index is 11.4. The summed E-state index contributed by atoms with van der Waals surface area (Å²) in [7, 11) is 0. The average Bonchev–Trinajstić information content (AvgIpc) is 3.18. The van der Waals surface area contributed by atoms with Crippen LogP contribution in [0.5, 0.6) is 0 Å². The average molecular weight is 461 g/mol. The molecular weight excluding hydrogens is 437 g/mol. The molecule has 7 heteroatoms. The molecule has 2 aromatic rings. The van der Waals surface area contributed by atoms with Crippen LogP contribution >= 0.6 is 46.1 Å². The molecule has 3 rings (SSSR count). The number of aryl methyl sites for hydroxylation is 2. The van der Waals surface area contributed by atoms with Gasteiger partial charge < -0.3 is 5.11 Å². The standard InChI is InChI=1S/C21H24Cl3NO2S/c1-12(26)19-8-6-14(28-19)3-2-4-15-16(18(27)11-17(15)22)7-5-13-9-20(23)25-21(24)10-13/h6,8-10,15-18,27H,2-5,7,11H2,1H3/t15-,16-,17-,18-/m1/s1. The highest BCUT2D eigenvalue weighted by atomic mass is 35.5. The van der Waals surface area contributed by atoms with Crippen molar-refractivity contribution in [1.29, 1.82) is 0 Å². The number of pyridine rings is 1. The number of halogens is 3. The maximum Gasteiger partial charge on any atom is 0.169 e. The summed E-state index contributed by atoms with van der Waals surface area (Å²) in [4.78, 5) is 17.5. The van der Waals surface area contributed by atoms with E-state index in [4.69, 9.17) is 34.8 Å². The van der Waals surface area contributed by atoms with E-state index in [0.717, 1.165) is 42.5 Å². The third-order valence-corrected chi connectivity index (χ3v) is 7.67. The number of aliphatic hydroxyl groups is 1. The molecule has 0 aromatic carbocycles. The number of aromatic nitrogens is 1. The monoisotopic (exact) mass is 459 g/mol. The van der Waals surface area contributed by atoms with Gasteiger partial charge in [0, 0.05) is 10.3 Å². The minimum absolute atomic E-state index is 0.000678. The van der Waals surface area contributed by atoms with Crippen LogP contribution < -0.4 is 0 Å². The van der Waals surface area contributed by atoms with E-state index in [0.29, 0.717) is 16.7 Å². The zero-order chi connectivity index (χ0) is 20.3. The molecule has 0 unspecified atom stereocenters. The first-order valence-corrected chi connectivity index (χ1v) is 11.6. The Kier molecular flexibility index (Phi) is 7.80. The van der Waals surface area contributed by atoms with Crippen molar-refractivity contribution in [2.75, 3.05) is 0 Å². The molecule has 0 amide bonds. The molecule has 3 nitrogen and oxygen atoms in total. The van der Waals surface area contributed by atoms with Crippen LogP contribution in [0, 0.1) is 11.8 Å². The first kappa shape index (κ1) is 22.0. The van der Waals surface area contributed by atoms with Gasteiger partial charge in [-0.05, 0) is 87.1 Å². The van der Waals surface area contributed by atoms with E-state index >= 15 is 0 Å². The lowest BCUT2D eigenvalue weighted by molar-refractivity contribution is 0.102. The van der Waals surface area contributed by atoms with Crippen LogP contribution in [-0.2, 0) is 12.8 Å². The largest absolute Gasteiger partial charge is 0.393 e. The van der Waals surface area contributed by atoms with E-state index in [1.54, 1.807) is 18.3 Å². The lowest BCUT2D eigenvalue weighted by atomic mass is 9.85. The highest BCUT2D eigenvalue weighted by molar-refractivity contribution is 7.14. The molecule has 0 spiro atoms. The Morgan fingerprint density at radius 3 is 2.54 bits per heavy atom. The van der Waals surface area contributed by atoms with Crippen molar-refractivity contribution < 1.29 is 9.90 Å². The highest BCUT2D eigenvalue weighted by Crippen LogP contribution is 2.41. The summed E-state index contributed by atoms with van der Waals surface area (Å²) in [6.45, 7) is 1.60. The van der Waals surface area contributed by atoms with E-state index in [1.807, 2.05) is 24.3 Å². The summed E-state index contributed by atoms with van der Waals surface area (Å²) in [6, 6.07) is 7.59. The van der Waals surface area contributed by atoms with Crippen molar-refractivity contribution in [2.45, 2.75) is 56.9 Å². The molecule has 0 saturated heterocycles. The van der Waals surface area contributed by atoms with Gasteiger partial charge in [0.15, 0.2) is 5.78 Å². The zero-order valence-corrected chi connectivity index (χ0v) is 18.8. The van der Waals surface area contributed by atoms with Crippen molar-refractivity contribution in [3.05, 3.63) is 49.9 Å². The molecule has 152 valence electrons. The number of ketones is 1. The van der Waals surface area contributed by atoms with Gasteiger partial charge in [0.25, 0.3) is 0 Å². The molecule has 0 bridgehead atoms. The van der Waals surface area contributed by atoms with Crippen molar-refractivity contribution >= 4 is 51.9 Å². The van der Waals surface area contributed by atoms with E-state index < -0.39 is 0 Å². The molecule has 2 aromatic heterocycles.